The molecule has 2 rings (SSSR count). The minimum atomic E-state index is -1.06. The molecule has 310 valence electrons. The van der Waals surface area contributed by atoms with Crippen LogP contribution in [0.25, 0.3) is 0 Å². The number of unbranched alkanes of at least 4 members (excludes halogenated alkanes) is 1. The number of hydrogen-bond acceptors (Lipinski definition) is 8. The number of aliphatic hydroxyl groups excluding tert-OH is 1. The minimum Gasteiger partial charge on any atom is -0.394 e. The first-order valence-corrected chi connectivity index (χ1v) is 20.3. The van der Waals surface area contributed by atoms with Crippen molar-refractivity contribution in [2.45, 2.75) is 131 Å². The number of hydrogen-bond donors (Lipinski definition) is 4. The number of amides is 3. The second-order valence-electron chi connectivity index (χ2n) is 16.5. The summed E-state index contributed by atoms with van der Waals surface area (Å²) in [5.41, 5.74) is 2.27. The molecular weight excluding hydrogens is 709 g/mol. The molecule has 0 aliphatic carbocycles. The Morgan fingerprint density at radius 2 is 1.32 bits per heavy atom. The Bertz CT molecular complexity index is 1560. The van der Waals surface area contributed by atoms with Gasteiger partial charge in [-0.3, -0.25) is 28.8 Å². The first kappa shape index (κ1) is 47.9. The van der Waals surface area contributed by atoms with Gasteiger partial charge >= 0.3 is 0 Å². The molecule has 0 spiro atoms. The SMILES string of the molecule is CCN(CC)CCCC[C@H](CC(=O)[C@@H](CC(C)C)NC(=O)[C@H](C)CC(=O)[C@H](Cc1ccccc1)NC(=O)c1ccc(C(C)(C)C)cc1)C(=O)N[C@@H](CO)C(C)=O. The van der Waals surface area contributed by atoms with E-state index in [9.17, 15) is 33.9 Å². The maximum Gasteiger partial charge on any atom is 0.251 e. The Labute approximate surface area is 335 Å². The topological polar surface area (TPSA) is 162 Å². The third-order valence-electron chi connectivity index (χ3n) is 10.3. The van der Waals surface area contributed by atoms with Crippen LogP contribution >= 0.6 is 0 Å². The van der Waals surface area contributed by atoms with Crippen molar-refractivity contribution in [2.24, 2.45) is 17.8 Å². The molecule has 2 aromatic carbocycles. The van der Waals surface area contributed by atoms with Crippen molar-refractivity contribution in [3.8, 4) is 0 Å². The summed E-state index contributed by atoms with van der Waals surface area (Å²) in [5.74, 6) is -3.91. The van der Waals surface area contributed by atoms with Gasteiger partial charge in [-0.05, 0) is 86.8 Å². The molecule has 4 N–H and O–H groups in total. The molecule has 0 aromatic heterocycles. The standard InChI is InChI=1S/C45H68N4O7/c1-10-49(11-2)24-16-15-19-35(44(56)48-39(29-50)32(6)51)28-41(53)37(25-30(3)4)46-42(54)31(5)26-40(52)38(27-33-17-13-12-14-18-33)47-43(55)34-20-22-36(23-21-34)45(7,8)9/h12-14,17-18,20-23,30-31,35,37-39,50H,10-11,15-16,19,24-29H2,1-9H3,(H,46,54)(H,47,55)(H,48,56)/t31-,35-,37-,38+,39+/m1/s1. The second-order valence-corrected chi connectivity index (χ2v) is 16.5. The summed E-state index contributed by atoms with van der Waals surface area (Å²) in [6.07, 6.45) is 2.15. The maximum absolute atomic E-state index is 13.9. The molecule has 0 bridgehead atoms. The van der Waals surface area contributed by atoms with Gasteiger partial charge in [0.15, 0.2) is 17.3 Å². The molecule has 0 aliphatic heterocycles. The summed E-state index contributed by atoms with van der Waals surface area (Å²) in [7, 11) is 0. The molecular formula is C45H68N4O7. The zero-order chi connectivity index (χ0) is 42.0. The Morgan fingerprint density at radius 3 is 1.86 bits per heavy atom. The van der Waals surface area contributed by atoms with E-state index < -0.39 is 48.4 Å². The number of rotatable bonds is 25. The summed E-state index contributed by atoms with van der Waals surface area (Å²) in [4.78, 5) is 82.5. The monoisotopic (exact) mass is 777 g/mol. The Morgan fingerprint density at radius 1 is 0.732 bits per heavy atom. The highest BCUT2D eigenvalue weighted by Gasteiger charge is 2.32. The van der Waals surface area contributed by atoms with Crippen LogP contribution in [0.4, 0.5) is 0 Å². The van der Waals surface area contributed by atoms with Crippen LogP contribution in [-0.2, 0) is 35.8 Å². The quantitative estimate of drug-likeness (QED) is 0.0948. The highest BCUT2D eigenvalue weighted by Crippen LogP contribution is 2.23. The van der Waals surface area contributed by atoms with Gasteiger partial charge in [0, 0.05) is 30.2 Å². The number of Topliss-reactive ketones (excluding diaryl/α,β-unsaturated/α-hetero) is 3. The number of benzene rings is 2. The predicted molar refractivity (Wildman–Crippen MR) is 221 cm³/mol. The van der Waals surface area contributed by atoms with E-state index in [1.54, 1.807) is 19.1 Å². The fourth-order valence-electron chi connectivity index (χ4n) is 6.59. The number of carbonyl (C=O) groups is 6. The van der Waals surface area contributed by atoms with Crippen molar-refractivity contribution in [1.82, 2.24) is 20.9 Å². The van der Waals surface area contributed by atoms with Crippen molar-refractivity contribution in [1.29, 1.82) is 0 Å². The van der Waals surface area contributed by atoms with Crippen LogP contribution in [0.15, 0.2) is 54.6 Å². The lowest BCUT2D eigenvalue weighted by molar-refractivity contribution is -0.135. The van der Waals surface area contributed by atoms with E-state index in [2.05, 4.69) is 55.5 Å². The molecule has 2 aromatic rings. The summed E-state index contributed by atoms with van der Waals surface area (Å²) in [5, 5.41) is 18.1. The summed E-state index contributed by atoms with van der Waals surface area (Å²) in [6, 6.07) is 13.8. The Hall–Kier alpha value is -4.22. The molecule has 0 heterocycles. The summed E-state index contributed by atoms with van der Waals surface area (Å²) in [6.45, 7) is 19.3. The minimum absolute atomic E-state index is 0.0296. The first-order valence-electron chi connectivity index (χ1n) is 20.3. The largest absolute Gasteiger partial charge is 0.394 e. The third-order valence-corrected chi connectivity index (χ3v) is 10.3. The molecule has 0 saturated heterocycles. The van der Waals surface area contributed by atoms with E-state index in [0.29, 0.717) is 24.8 Å². The van der Waals surface area contributed by atoms with E-state index in [-0.39, 0.29) is 53.9 Å². The molecule has 0 aliphatic rings. The van der Waals surface area contributed by atoms with E-state index in [0.717, 1.165) is 37.2 Å². The van der Waals surface area contributed by atoms with Crippen molar-refractivity contribution in [2.75, 3.05) is 26.2 Å². The Balaban J connectivity index is 2.22. The highest BCUT2D eigenvalue weighted by atomic mass is 16.3. The third kappa shape index (κ3) is 16.5. The number of nitrogens with zero attached hydrogens (tertiary/aromatic N) is 1. The van der Waals surface area contributed by atoms with Crippen molar-refractivity contribution in [3.05, 3.63) is 71.3 Å². The van der Waals surface area contributed by atoms with Gasteiger partial charge in [0.05, 0.1) is 18.7 Å². The molecule has 5 atom stereocenters. The van der Waals surface area contributed by atoms with Crippen LogP contribution < -0.4 is 16.0 Å². The van der Waals surface area contributed by atoms with Crippen LogP contribution in [0, 0.1) is 17.8 Å². The van der Waals surface area contributed by atoms with Gasteiger partial charge in [-0.1, -0.05) is 104 Å². The van der Waals surface area contributed by atoms with Crippen molar-refractivity contribution >= 4 is 35.1 Å². The maximum atomic E-state index is 13.9. The average Bonchev–Trinajstić information content (AvgIpc) is 3.15. The van der Waals surface area contributed by atoms with Crippen LogP contribution in [0.2, 0.25) is 0 Å². The van der Waals surface area contributed by atoms with Crippen molar-refractivity contribution < 1.29 is 33.9 Å². The lowest BCUT2D eigenvalue weighted by Gasteiger charge is -2.25. The van der Waals surface area contributed by atoms with E-state index >= 15 is 0 Å². The number of nitrogens with one attached hydrogen (secondary N) is 3. The second kappa shape index (κ2) is 23.8. The smallest absolute Gasteiger partial charge is 0.251 e. The van der Waals surface area contributed by atoms with Gasteiger partial charge in [-0.25, -0.2) is 0 Å². The van der Waals surface area contributed by atoms with E-state index in [4.69, 9.17) is 0 Å². The normalized spacial score (nSPS) is 14.4. The summed E-state index contributed by atoms with van der Waals surface area (Å²) >= 11 is 0. The molecule has 0 unspecified atom stereocenters. The zero-order valence-corrected chi connectivity index (χ0v) is 35.3. The van der Waals surface area contributed by atoms with Gasteiger partial charge in [0.1, 0.15) is 6.04 Å². The van der Waals surface area contributed by atoms with Crippen LogP contribution in [0.1, 0.15) is 122 Å². The van der Waals surface area contributed by atoms with Crippen LogP contribution in [0.3, 0.4) is 0 Å². The number of ketones is 3. The van der Waals surface area contributed by atoms with Gasteiger partial charge in [0.2, 0.25) is 11.8 Å². The lowest BCUT2D eigenvalue weighted by Crippen LogP contribution is -2.48. The molecule has 11 nitrogen and oxygen atoms in total. The average molecular weight is 777 g/mol. The van der Waals surface area contributed by atoms with E-state index in [1.165, 1.54) is 6.92 Å². The lowest BCUT2D eigenvalue weighted by atomic mass is 9.86. The molecule has 0 saturated carbocycles. The molecule has 3 amide bonds. The first-order chi connectivity index (χ1) is 26.4. The zero-order valence-electron chi connectivity index (χ0n) is 35.3. The van der Waals surface area contributed by atoms with Crippen molar-refractivity contribution in [3.63, 3.8) is 0 Å². The molecule has 0 fully saturated rings. The molecule has 0 radical (unpaired) electrons. The Kier molecular flexibility index (Phi) is 20.3. The number of carbonyl (C=O) groups excluding carboxylic acids is 6. The fourth-order valence-corrected chi connectivity index (χ4v) is 6.59. The molecule has 11 heteroatoms. The predicted octanol–water partition coefficient (Wildman–Crippen LogP) is 5.61. The number of aliphatic hydroxyl groups is 1. The van der Waals surface area contributed by atoms with Crippen LogP contribution in [0.5, 0.6) is 0 Å². The van der Waals surface area contributed by atoms with Gasteiger partial charge < -0.3 is 26.0 Å². The summed E-state index contributed by atoms with van der Waals surface area (Å²) < 4.78 is 0. The fraction of sp³-hybridized carbons (Fsp3) is 0.600. The van der Waals surface area contributed by atoms with Crippen LogP contribution in [-0.4, -0.2) is 89.4 Å². The highest BCUT2D eigenvalue weighted by molar-refractivity contribution is 5.99. The van der Waals surface area contributed by atoms with Gasteiger partial charge in [-0.2, -0.15) is 0 Å². The van der Waals surface area contributed by atoms with Gasteiger partial charge in [-0.15, -0.1) is 0 Å². The van der Waals surface area contributed by atoms with E-state index in [1.807, 2.05) is 56.3 Å². The van der Waals surface area contributed by atoms with Gasteiger partial charge in [0.25, 0.3) is 5.91 Å². The molecule has 56 heavy (non-hydrogen) atoms.